The average Bonchev–Trinajstić information content (AvgIpc) is 2.74. The van der Waals surface area contributed by atoms with Crippen LogP contribution in [0.3, 0.4) is 0 Å². The lowest BCUT2D eigenvalue weighted by Gasteiger charge is -2.18. The van der Waals surface area contributed by atoms with E-state index in [4.69, 9.17) is 0 Å². The quantitative estimate of drug-likeness (QED) is 0.693. The van der Waals surface area contributed by atoms with Crippen molar-refractivity contribution >= 4 is 16.6 Å². The summed E-state index contributed by atoms with van der Waals surface area (Å²) in [6.45, 7) is 4.00. The fourth-order valence-corrected chi connectivity index (χ4v) is 2.41. The van der Waals surface area contributed by atoms with Crippen LogP contribution in [-0.4, -0.2) is 23.1 Å². The van der Waals surface area contributed by atoms with Crippen molar-refractivity contribution in [1.29, 1.82) is 0 Å². The smallest absolute Gasteiger partial charge is 0.191 e. The normalized spacial score (nSPS) is 20.5. The van der Waals surface area contributed by atoms with E-state index in [-0.39, 0.29) is 5.43 Å². The maximum atomic E-state index is 11.9. The minimum Gasteiger partial charge on any atom is -0.347 e. The monoisotopic (exact) mass is 229 g/mol. The number of hydrogen-bond acceptors (Lipinski definition) is 2. The van der Waals surface area contributed by atoms with Crippen molar-refractivity contribution < 1.29 is 0 Å². The third-order valence-electron chi connectivity index (χ3n) is 3.20. The van der Waals surface area contributed by atoms with Gasteiger partial charge in [-0.05, 0) is 11.5 Å². The van der Waals surface area contributed by atoms with Crippen LogP contribution in [0.2, 0.25) is 0 Å². The Bertz CT molecular complexity index is 635. The molecule has 0 bridgehead atoms. The molecule has 0 spiro atoms. The van der Waals surface area contributed by atoms with Crippen molar-refractivity contribution in [3.63, 3.8) is 0 Å². The van der Waals surface area contributed by atoms with E-state index in [1.165, 1.54) is 5.57 Å². The number of nitrogens with one attached hydrogen (secondary N) is 3. The third-order valence-corrected chi connectivity index (χ3v) is 3.20. The summed E-state index contributed by atoms with van der Waals surface area (Å²) < 4.78 is 0. The Balaban J connectivity index is 2.21. The van der Waals surface area contributed by atoms with Crippen LogP contribution in [-0.2, 0) is 0 Å². The Morgan fingerprint density at radius 2 is 2.24 bits per heavy atom. The standard InChI is InChI=1S/C13H15N3O/c1-8-4-9(6-14-5-8)10-7-16-13-12(10)11(17)2-3-15-13/h2-4,7-8,14H,5-6H2,1H3,(H2,15,16,17)/t8-/m1/s1. The number of rotatable bonds is 1. The van der Waals surface area contributed by atoms with Crippen LogP contribution in [0.5, 0.6) is 0 Å². The molecule has 0 aromatic carbocycles. The highest BCUT2D eigenvalue weighted by atomic mass is 16.1. The molecule has 0 saturated carbocycles. The van der Waals surface area contributed by atoms with Gasteiger partial charge in [0.1, 0.15) is 5.65 Å². The predicted molar refractivity (Wildman–Crippen MR) is 68.9 cm³/mol. The number of aromatic nitrogens is 2. The van der Waals surface area contributed by atoms with Gasteiger partial charge in [0.15, 0.2) is 5.43 Å². The van der Waals surface area contributed by atoms with Crippen LogP contribution in [0.25, 0.3) is 16.6 Å². The zero-order chi connectivity index (χ0) is 11.8. The van der Waals surface area contributed by atoms with Crippen molar-refractivity contribution in [3.05, 3.63) is 40.3 Å². The van der Waals surface area contributed by atoms with Crippen LogP contribution < -0.4 is 10.7 Å². The molecule has 3 heterocycles. The van der Waals surface area contributed by atoms with E-state index in [1.807, 2.05) is 6.20 Å². The van der Waals surface area contributed by atoms with Gasteiger partial charge in [-0.15, -0.1) is 0 Å². The van der Waals surface area contributed by atoms with Crippen molar-refractivity contribution in [2.45, 2.75) is 6.92 Å². The van der Waals surface area contributed by atoms with Crippen molar-refractivity contribution in [1.82, 2.24) is 15.3 Å². The molecular weight excluding hydrogens is 214 g/mol. The molecular formula is C13H15N3O. The number of hydrogen-bond donors (Lipinski definition) is 3. The zero-order valence-electron chi connectivity index (χ0n) is 9.71. The molecule has 1 atom stereocenters. The van der Waals surface area contributed by atoms with Crippen molar-refractivity contribution in [3.8, 4) is 0 Å². The summed E-state index contributed by atoms with van der Waals surface area (Å²) in [4.78, 5) is 18.1. The van der Waals surface area contributed by atoms with Gasteiger partial charge in [-0.2, -0.15) is 0 Å². The molecule has 17 heavy (non-hydrogen) atoms. The Labute approximate surface area is 98.7 Å². The summed E-state index contributed by atoms with van der Waals surface area (Å²) in [5.41, 5.74) is 3.08. The maximum absolute atomic E-state index is 11.9. The van der Waals surface area contributed by atoms with Gasteiger partial charge >= 0.3 is 0 Å². The van der Waals surface area contributed by atoms with E-state index < -0.39 is 0 Å². The van der Waals surface area contributed by atoms with Crippen LogP contribution in [0.1, 0.15) is 12.5 Å². The summed E-state index contributed by atoms with van der Waals surface area (Å²) in [6.07, 6.45) is 5.82. The molecule has 2 aromatic heterocycles. The lowest BCUT2D eigenvalue weighted by atomic mass is 9.97. The number of pyridine rings is 1. The second kappa shape index (κ2) is 3.89. The van der Waals surface area contributed by atoms with E-state index >= 15 is 0 Å². The maximum Gasteiger partial charge on any atom is 0.191 e. The number of fused-ring (bicyclic) bond motifs is 1. The Kier molecular flexibility index (Phi) is 2.37. The topological polar surface area (TPSA) is 60.7 Å². The lowest BCUT2D eigenvalue weighted by molar-refractivity contribution is 0.607. The summed E-state index contributed by atoms with van der Waals surface area (Å²) in [5.74, 6) is 0.506. The van der Waals surface area contributed by atoms with Gasteiger partial charge in [-0.25, -0.2) is 0 Å². The third kappa shape index (κ3) is 1.70. The summed E-state index contributed by atoms with van der Waals surface area (Å²) >= 11 is 0. The molecule has 3 N–H and O–H groups in total. The van der Waals surface area contributed by atoms with E-state index in [9.17, 15) is 4.79 Å². The van der Waals surface area contributed by atoms with E-state index in [0.717, 1.165) is 29.7 Å². The SMILES string of the molecule is C[C@@H]1C=C(c2c[nH]c3[nH]ccc(=O)c23)CNC1. The van der Waals surface area contributed by atoms with Crippen LogP contribution in [0.15, 0.2) is 29.3 Å². The number of H-pyrrole nitrogens is 2. The first-order valence-corrected chi connectivity index (χ1v) is 5.86. The molecule has 0 radical (unpaired) electrons. The van der Waals surface area contributed by atoms with Gasteiger partial charge in [-0.1, -0.05) is 13.0 Å². The Morgan fingerprint density at radius 1 is 1.35 bits per heavy atom. The molecule has 4 nitrogen and oxygen atoms in total. The van der Waals surface area contributed by atoms with Gasteiger partial charge in [-0.3, -0.25) is 4.79 Å². The fourth-order valence-electron chi connectivity index (χ4n) is 2.41. The molecule has 3 rings (SSSR count). The van der Waals surface area contributed by atoms with E-state index in [1.54, 1.807) is 12.3 Å². The van der Waals surface area contributed by atoms with E-state index in [2.05, 4.69) is 28.3 Å². The summed E-state index contributed by atoms with van der Waals surface area (Å²) in [6, 6.07) is 1.57. The van der Waals surface area contributed by atoms with E-state index in [0.29, 0.717) is 5.92 Å². The largest absolute Gasteiger partial charge is 0.347 e. The van der Waals surface area contributed by atoms with Gasteiger partial charge in [0, 0.05) is 37.1 Å². The number of aromatic amines is 2. The molecule has 0 amide bonds. The Hall–Kier alpha value is -1.81. The minimum absolute atomic E-state index is 0.0640. The predicted octanol–water partition coefficient (Wildman–Crippen LogP) is 1.48. The highest BCUT2D eigenvalue weighted by Crippen LogP contribution is 2.23. The van der Waals surface area contributed by atoms with Crippen molar-refractivity contribution in [2.24, 2.45) is 5.92 Å². The summed E-state index contributed by atoms with van der Waals surface area (Å²) in [7, 11) is 0. The van der Waals surface area contributed by atoms with Gasteiger partial charge in [0.25, 0.3) is 0 Å². The summed E-state index contributed by atoms with van der Waals surface area (Å²) in [5, 5.41) is 4.12. The first-order chi connectivity index (χ1) is 8.25. The second-order valence-electron chi connectivity index (χ2n) is 4.59. The van der Waals surface area contributed by atoms with Gasteiger partial charge in [0.2, 0.25) is 0 Å². The molecule has 0 unspecified atom stereocenters. The highest BCUT2D eigenvalue weighted by Gasteiger charge is 2.15. The average molecular weight is 229 g/mol. The molecule has 2 aromatic rings. The minimum atomic E-state index is 0.0640. The van der Waals surface area contributed by atoms with Gasteiger partial charge in [0.05, 0.1) is 5.39 Å². The van der Waals surface area contributed by atoms with Crippen LogP contribution in [0, 0.1) is 5.92 Å². The molecule has 0 aliphatic carbocycles. The molecule has 88 valence electrons. The Morgan fingerprint density at radius 3 is 3.06 bits per heavy atom. The zero-order valence-corrected chi connectivity index (χ0v) is 9.71. The second-order valence-corrected chi connectivity index (χ2v) is 4.59. The lowest BCUT2D eigenvalue weighted by Crippen LogP contribution is -2.27. The molecule has 1 aliphatic heterocycles. The van der Waals surface area contributed by atoms with Crippen LogP contribution >= 0.6 is 0 Å². The highest BCUT2D eigenvalue weighted by molar-refractivity contribution is 5.91. The first kappa shape index (κ1) is 10.4. The molecule has 0 saturated heterocycles. The first-order valence-electron chi connectivity index (χ1n) is 5.86. The molecule has 4 heteroatoms. The van der Waals surface area contributed by atoms with Gasteiger partial charge < -0.3 is 15.3 Å². The fraction of sp³-hybridized carbons (Fsp3) is 0.308. The van der Waals surface area contributed by atoms with Crippen LogP contribution in [0.4, 0.5) is 0 Å². The molecule has 0 fully saturated rings. The molecule has 1 aliphatic rings. The van der Waals surface area contributed by atoms with Crippen molar-refractivity contribution in [2.75, 3.05) is 13.1 Å².